The fourth-order valence-corrected chi connectivity index (χ4v) is 2.91. The van der Waals surface area contributed by atoms with Crippen LogP contribution >= 0.6 is 27.7 Å². The van der Waals surface area contributed by atoms with Crippen molar-refractivity contribution in [3.63, 3.8) is 0 Å². The summed E-state index contributed by atoms with van der Waals surface area (Å²) >= 11 is 4.93. The van der Waals surface area contributed by atoms with Crippen LogP contribution in [0.2, 0.25) is 0 Å². The Bertz CT molecular complexity index is 444. The summed E-state index contributed by atoms with van der Waals surface area (Å²) < 4.78 is 1.04. The zero-order valence-electron chi connectivity index (χ0n) is 10.4. The lowest BCUT2D eigenvalue weighted by molar-refractivity contribution is -0.132. The predicted octanol–water partition coefficient (Wildman–Crippen LogP) is 1.84. The summed E-state index contributed by atoms with van der Waals surface area (Å²) in [6.45, 7) is 2.55. The van der Waals surface area contributed by atoms with Crippen LogP contribution in [0.5, 0.6) is 0 Å². The normalized spacial score (nSPS) is 15.4. The van der Waals surface area contributed by atoms with Gasteiger partial charge in [-0.1, -0.05) is 15.9 Å². The smallest absolute Gasteiger partial charge is 0.233 e. The summed E-state index contributed by atoms with van der Waals surface area (Å²) in [5.74, 6) is 0.585. The number of rotatable bonds is 4. The molecule has 0 bridgehead atoms. The molecule has 2 amide bonds. The quantitative estimate of drug-likeness (QED) is 0.619. The number of thioether (sulfide) groups is 1. The predicted molar refractivity (Wildman–Crippen MR) is 79.1 cm³/mol. The molecule has 1 fully saturated rings. The third-order valence-electron chi connectivity index (χ3n) is 2.99. The Morgan fingerprint density at radius 3 is 2.42 bits per heavy atom. The molecule has 1 heterocycles. The van der Waals surface area contributed by atoms with Crippen molar-refractivity contribution in [2.45, 2.75) is 4.90 Å². The van der Waals surface area contributed by atoms with Gasteiger partial charge < -0.3 is 9.80 Å². The van der Waals surface area contributed by atoms with Gasteiger partial charge >= 0.3 is 0 Å². The molecule has 1 aromatic rings. The van der Waals surface area contributed by atoms with E-state index in [1.807, 2.05) is 29.2 Å². The number of nitrogens with zero attached hydrogens (tertiary/aromatic N) is 2. The highest BCUT2D eigenvalue weighted by atomic mass is 79.9. The Labute approximate surface area is 125 Å². The number of amides is 2. The van der Waals surface area contributed by atoms with Gasteiger partial charge in [-0.25, -0.2) is 0 Å². The minimum absolute atomic E-state index is 0.137. The SMILES string of the molecule is O=CN1CCN(C(=O)CSc2ccc(Br)cc2)CC1. The summed E-state index contributed by atoms with van der Waals surface area (Å²) in [6, 6.07) is 7.92. The number of carbonyl (C=O) groups excluding carboxylic acids is 2. The van der Waals surface area contributed by atoms with Crippen molar-refractivity contribution in [2.75, 3.05) is 31.9 Å². The minimum Gasteiger partial charge on any atom is -0.342 e. The number of carbonyl (C=O) groups is 2. The van der Waals surface area contributed by atoms with Gasteiger partial charge in [-0.15, -0.1) is 11.8 Å². The van der Waals surface area contributed by atoms with Crippen LogP contribution in [0.25, 0.3) is 0 Å². The summed E-state index contributed by atoms with van der Waals surface area (Å²) in [7, 11) is 0. The van der Waals surface area contributed by atoms with Gasteiger partial charge in [0, 0.05) is 35.5 Å². The third kappa shape index (κ3) is 4.24. The molecule has 1 saturated heterocycles. The van der Waals surface area contributed by atoms with Crippen molar-refractivity contribution in [1.29, 1.82) is 0 Å². The zero-order valence-corrected chi connectivity index (χ0v) is 12.8. The van der Waals surface area contributed by atoms with Gasteiger partial charge in [-0.3, -0.25) is 9.59 Å². The molecule has 1 aliphatic rings. The van der Waals surface area contributed by atoms with Crippen molar-refractivity contribution < 1.29 is 9.59 Å². The topological polar surface area (TPSA) is 40.6 Å². The highest BCUT2D eigenvalue weighted by Gasteiger charge is 2.19. The Hall–Kier alpha value is -1.01. The molecule has 0 aliphatic carbocycles. The number of piperazine rings is 1. The van der Waals surface area contributed by atoms with Crippen molar-refractivity contribution in [3.05, 3.63) is 28.7 Å². The molecule has 2 rings (SSSR count). The van der Waals surface area contributed by atoms with Gasteiger partial charge in [0.2, 0.25) is 12.3 Å². The second kappa shape index (κ2) is 6.96. The van der Waals surface area contributed by atoms with Gasteiger partial charge in [0.1, 0.15) is 0 Å². The van der Waals surface area contributed by atoms with Crippen LogP contribution in [-0.2, 0) is 9.59 Å². The van der Waals surface area contributed by atoms with Crippen molar-refractivity contribution >= 4 is 40.0 Å². The lowest BCUT2D eigenvalue weighted by Crippen LogP contribution is -2.48. The van der Waals surface area contributed by atoms with Gasteiger partial charge in [-0.05, 0) is 24.3 Å². The molecule has 0 saturated carbocycles. The average molecular weight is 343 g/mol. The molecule has 102 valence electrons. The lowest BCUT2D eigenvalue weighted by atomic mass is 10.3. The number of benzene rings is 1. The summed E-state index contributed by atoms with van der Waals surface area (Å²) in [5.41, 5.74) is 0. The first kappa shape index (κ1) is 14.4. The van der Waals surface area contributed by atoms with E-state index in [1.165, 1.54) is 0 Å². The van der Waals surface area contributed by atoms with Crippen LogP contribution in [0.15, 0.2) is 33.6 Å². The lowest BCUT2D eigenvalue weighted by Gasteiger charge is -2.32. The van der Waals surface area contributed by atoms with E-state index in [0.717, 1.165) is 15.8 Å². The van der Waals surface area contributed by atoms with E-state index in [0.29, 0.717) is 31.9 Å². The molecule has 6 heteroatoms. The largest absolute Gasteiger partial charge is 0.342 e. The monoisotopic (exact) mass is 342 g/mol. The molecular weight excluding hydrogens is 328 g/mol. The molecule has 0 N–H and O–H groups in total. The van der Waals surface area contributed by atoms with E-state index in [9.17, 15) is 9.59 Å². The molecule has 0 atom stereocenters. The van der Waals surface area contributed by atoms with Crippen LogP contribution in [0, 0.1) is 0 Å². The van der Waals surface area contributed by atoms with E-state index in [2.05, 4.69) is 15.9 Å². The van der Waals surface area contributed by atoms with Gasteiger partial charge in [-0.2, -0.15) is 0 Å². The molecule has 1 aromatic carbocycles. The Balaban J connectivity index is 1.78. The zero-order chi connectivity index (χ0) is 13.7. The number of hydrogen-bond acceptors (Lipinski definition) is 3. The highest BCUT2D eigenvalue weighted by Crippen LogP contribution is 2.21. The van der Waals surface area contributed by atoms with Gasteiger partial charge in [0.15, 0.2) is 0 Å². The first-order valence-corrected chi connectivity index (χ1v) is 7.82. The van der Waals surface area contributed by atoms with E-state index >= 15 is 0 Å². The van der Waals surface area contributed by atoms with E-state index in [-0.39, 0.29) is 5.91 Å². The standard InChI is InChI=1S/C13H15BrN2O2S/c14-11-1-3-12(4-2-11)19-9-13(18)16-7-5-15(10-17)6-8-16/h1-4,10H,5-9H2. The molecule has 4 nitrogen and oxygen atoms in total. The fraction of sp³-hybridized carbons (Fsp3) is 0.385. The highest BCUT2D eigenvalue weighted by molar-refractivity contribution is 9.10. The summed E-state index contributed by atoms with van der Waals surface area (Å²) in [5, 5.41) is 0. The molecule has 19 heavy (non-hydrogen) atoms. The van der Waals surface area contributed by atoms with Crippen LogP contribution in [0.1, 0.15) is 0 Å². The Morgan fingerprint density at radius 2 is 1.84 bits per heavy atom. The minimum atomic E-state index is 0.137. The maximum Gasteiger partial charge on any atom is 0.233 e. The average Bonchev–Trinajstić information content (AvgIpc) is 2.46. The molecule has 0 radical (unpaired) electrons. The molecule has 0 spiro atoms. The molecule has 0 unspecified atom stereocenters. The van der Waals surface area contributed by atoms with Crippen molar-refractivity contribution in [1.82, 2.24) is 9.80 Å². The Morgan fingerprint density at radius 1 is 1.21 bits per heavy atom. The third-order valence-corrected chi connectivity index (χ3v) is 4.52. The first-order chi connectivity index (χ1) is 9.19. The molecule has 1 aliphatic heterocycles. The van der Waals surface area contributed by atoms with Crippen LogP contribution in [0.3, 0.4) is 0 Å². The van der Waals surface area contributed by atoms with E-state index in [1.54, 1.807) is 16.7 Å². The van der Waals surface area contributed by atoms with Crippen LogP contribution < -0.4 is 0 Å². The Kier molecular flexibility index (Phi) is 5.27. The fourth-order valence-electron chi connectivity index (χ4n) is 1.84. The van der Waals surface area contributed by atoms with Gasteiger partial charge in [0.25, 0.3) is 0 Å². The van der Waals surface area contributed by atoms with Crippen molar-refractivity contribution in [3.8, 4) is 0 Å². The second-order valence-corrected chi connectivity index (χ2v) is 6.23. The van der Waals surface area contributed by atoms with Crippen LogP contribution in [-0.4, -0.2) is 54.0 Å². The van der Waals surface area contributed by atoms with Gasteiger partial charge in [0.05, 0.1) is 5.75 Å². The van der Waals surface area contributed by atoms with E-state index in [4.69, 9.17) is 0 Å². The molecule has 0 aromatic heterocycles. The van der Waals surface area contributed by atoms with Crippen molar-refractivity contribution in [2.24, 2.45) is 0 Å². The maximum atomic E-state index is 12.0. The maximum absolute atomic E-state index is 12.0. The number of hydrogen-bond donors (Lipinski definition) is 0. The number of halogens is 1. The summed E-state index contributed by atoms with van der Waals surface area (Å²) in [6.07, 6.45) is 0.846. The molecular formula is C13H15BrN2O2S. The van der Waals surface area contributed by atoms with Crippen LogP contribution in [0.4, 0.5) is 0 Å². The van der Waals surface area contributed by atoms with E-state index < -0.39 is 0 Å². The second-order valence-electron chi connectivity index (χ2n) is 4.26. The summed E-state index contributed by atoms with van der Waals surface area (Å²) in [4.78, 5) is 27.2. The first-order valence-electron chi connectivity index (χ1n) is 6.04.